The first-order valence-electron chi connectivity index (χ1n) is 15.2. The molecule has 1 heterocycles. The second kappa shape index (κ2) is 14.9. The largest absolute Gasteiger partial charge is 0.481 e. The standard InChI is InChI=1S/C33H35N2O12P/c36-30(34-24-4-2-1-3-5-24)29(22-11-13-25(14-12-22)47-19-48(42,43)44)35(17-20-6-15-26-27(16-20)46-18-45-26)31(37)23-9-7-21(8-10-23)28(32(38)39)33(40)41/h6-16,24,28-29H,1-5,17-19H2,(H,34,36)(H,38,39)(H,40,41)(H2,42,43,44). The molecule has 14 nitrogen and oxygen atoms in total. The molecular formula is C33H35N2O12P. The lowest BCUT2D eigenvalue weighted by Crippen LogP contribution is -2.46. The minimum absolute atomic E-state index is 0.0321. The number of amides is 2. The number of hydrogen-bond donors (Lipinski definition) is 5. The van der Waals surface area contributed by atoms with Crippen molar-refractivity contribution in [3.05, 3.63) is 89.0 Å². The van der Waals surface area contributed by atoms with Gasteiger partial charge in [-0.25, -0.2) is 0 Å². The highest BCUT2D eigenvalue weighted by Gasteiger charge is 2.35. The van der Waals surface area contributed by atoms with Crippen LogP contribution in [0.4, 0.5) is 0 Å². The van der Waals surface area contributed by atoms with Gasteiger partial charge in [-0.1, -0.05) is 49.6 Å². The Labute approximate surface area is 275 Å². The number of nitrogens with one attached hydrogen (secondary N) is 1. The second-order valence-corrected chi connectivity index (χ2v) is 13.2. The first-order valence-corrected chi connectivity index (χ1v) is 17.0. The molecule has 0 saturated heterocycles. The lowest BCUT2D eigenvalue weighted by molar-refractivity contribution is -0.150. The number of carbonyl (C=O) groups is 4. The van der Waals surface area contributed by atoms with Crippen LogP contribution in [0.25, 0.3) is 0 Å². The topological polar surface area (TPSA) is 209 Å². The molecule has 2 amide bonds. The Hall–Kier alpha value is -4.91. The van der Waals surface area contributed by atoms with Gasteiger partial charge in [-0.05, 0) is 65.9 Å². The molecule has 254 valence electrons. The van der Waals surface area contributed by atoms with Crippen molar-refractivity contribution in [2.24, 2.45) is 0 Å². The number of rotatable bonds is 13. The van der Waals surface area contributed by atoms with Crippen molar-refractivity contribution >= 4 is 31.3 Å². The van der Waals surface area contributed by atoms with Crippen molar-refractivity contribution in [3.8, 4) is 17.2 Å². The normalized spacial score (nSPS) is 15.1. The molecule has 5 N–H and O–H groups in total. The SMILES string of the molecule is O=C(O)C(C(=O)O)c1ccc(C(=O)N(Cc2ccc3c(c2)OCO3)C(C(=O)NC2CCCCC2)c2ccc(OCP(=O)(O)O)cc2)cc1. The average molecular weight is 683 g/mol. The van der Waals surface area contributed by atoms with E-state index in [2.05, 4.69) is 5.32 Å². The predicted molar refractivity (Wildman–Crippen MR) is 169 cm³/mol. The highest BCUT2D eigenvalue weighted by Crippen LogP contribution is 2.36. The summed E-state index contributed by atoms with van der Waals surface area (Å²) in [6.07, 6.45) is 3.66. The molecule has 5 rings (SSSR count). The predicted octanol–water partition coefficient (Wildman–Crippen LogP) is 4.01. The molecule has 3 aromatic carbocycles. The fourth-order valence-corrected chi connectivity index (χ4v) is 6.11. The molecule has 3 aromatic rings. The number of carboxylic acids is 2. The number of carbonyl (C=O) groups excluding carboxylic acids is 2. The number of carboxylic acid groups (broad SMARTS) is 2. The average Bonchev–Trinajstić information content (AvgIpc) is 3.52. The van der Waals surface area contributed by atoms with Crippen molar-refractivity contribution in [1.82, 2.24) is 10.2 Å². The molecule has 1 aliphatic heterocycles. The molecule has 1 saturated carbocycles. The fraction of sp³-hybridized carbons (Fsp3) is 0.333. The van der Waals surface area contributed by atoms with Gasteiger partial charge in [0.15, 0.2) is 23.8 Å². The summed E-state index contributed by atoms with van der Waals surface area (Å²) in [5, 5.41) is 21.9. The molecular weight excluding hydrogens is 647 g/mol. The van der Waals surface area contributed by atoms with Gasteiger partial charge >= 0.3 is 19.5 Å². The number of benzene rings is 3. The van der Waals surface area contributed by atoms with E-state index in [1.165, 1.54) is 53.4 Å². The number of hydrogen-bond acceptors (Lipinski definition) is 8. The molecule has 1 aliphatic carbocycles. The minimum atomic E-state index is -4.45. The molecule has 15 heteroatoms. The van der Waals surface area contributed by atoms with Gasteiger partial charge in [0.2, 0.25) is 12.7 Å². The Bertz CT molecular complexity index is 1690. The van der Waals surface area contributed by atoms with Crippen molar-refractivity contribution < 1.29 is 58.0 Å². The fourth-order valence-electron chi connectivity index (χ4n) is 5.80. The van der Waals surface area contributed by atoms with Gasteiger partial charge in [0.1, 0.15) is 11.8 Å². The Morgan fingerprint density at radius 3 is 2.10 bits per heavy atom. The maximum atomic E-state index is 14.4. The van der Waals surface area contributed by atoms with Crippen LogP contribution in [0, 0.1) is 0 Å². The van der Waals surface area contributed by atoms with Crippen molar-refractivity contribution in [1.29, 1.82) is 0 Å². The van der Waals surface area contributed by atoms with E-state index in [0.29, 0.717) is 22.6 Å². The van der Waals surface area contributed by atoms with Crippen LogP contribution in [0.5, 0.6) is 17.2 Å². The van der Waals surface area contributed by atoms with Crippen LogP contribution in [-0.4, -0.2) is 67.8 Å². The van der Waals surface area contributed by atoms with Crippen LogP contribution in [0.1, 0.15) is 71.1 Å². The monoisotopic (exact) mass is 682 g/mol. The van der Waals surface area contributed by atoms with Gasteiger partial charge in [-0.3, -0.25) is 23.7 Å². The summed E-state index contributed by atoms with van der Waals surface area (Å²) in [4.78, 5) is 71.5. The Kier molecular flexibility index (Phi) is 10.7. The number of aliphatic carboxylic acids is 2. The molecule has 1 atom stereocenters. The lowest BCUT2D eigenvalue weighted by atomic mass is 9.94. The summed E-state index contributed by atoms with van der Waals surface area (Å²) in [5.41, 5.74) is 1.03. The van der Waals surface area contributed by atoms with E-state index < -0.39 is 49.7 Å². The minimum Gasteiger partial charge on any atom is -0.481 e. The van der Waals surface area contributed by atoms with E-state index in [9.17, 15) is 43.7 Å². The third-order valence-corrected chi connectivity index (χ3v) is 8.61. The zero-order valence-electron chi connectivity index (χ0n) is 25.7. The van der Waals surface area contributed by atoms with Crippen LogP contribution < -0.4 is 19.5 Å². The molecule has 0 spiro atoms. The van der Waals surface area contributed by atoms with Gasteiger partial charge in [-0.15, -0.1) is 0 Å². The van der Waals surface area contributed by atoms with Gasteiger partial charge in [-0.2, -0.15) is 0 Å². The highest BCUT2D eigenvalue weighted by molar-refractivity contribution is 7.51. The Morgan fingerprint density at radius 1 is 0.854 bits per heavy atom. The third kappa shape index (κ3) is 8.51. The number of ether oxygens (including phenoxy) is 3. The van der Waals surface area contributed by atoms with E-state index in [1.54, 1.807) is 18.2 Å². The maximum Gasteiger partial charge on any atom is 0.362 e. The zero-order chi connectivity index (χ0) is 34.4. The van der Waals surface area contributed by atoms with Gasteiger partial charge < -0.3 is 44.4 Å². The molecule has 0 radical (unpaired) electrons. The van der Waals surface area contributed by atoms with Gasteiger partial charge in [0, 0.05) is 18.2 Å². The first-order chi connectivity index (χ1) is 22.9. The maximum absolute atomic E-state index is 14.4. The summed E-state index contributed by atoms with van der Waals surface area (Å²) >= 11 is 0. The third-order valence-electron chi connectivity index (χ3n) is 8.14. The molecule has 1 fully saturated rings. The summed E-state index contributed by atoms with van der Waals surface area (Å²) in [5.74, 6) is -4.87. The van der Waals surface area contributed by atoms with Crippen LogP contribution in [-0.2, 0) is 25.5 Å². The van der Waals surface area contributed by atoms with Gasteiger partial charge in [0.25, 0.3) is 5.91 Å². The first kappa shape index (κ1) is 34.4. The molecule has 0 bridgehead atoms. The van der Waals surface area contributed by atoms with Crippen LogP contribution in [0.3, 0.4) is 0 Å². The van der Waals surface area contributed by atoms with Crippen molar-refractivity contribution in [2.45, 2.75) is 56.7 Å². The van der Waals surface area contributed by atoms with Gasteiger partial charge in [0.05, 0.1) is 0 Å². The summed E-state index contributed by atoms with van der Waals surface area (Å²) in [6.45, 7) is -0.0480. The number of nitrogens with zero attached hydrogens (tertiary/aromatic N) is 1. The quantitative estimate of drug-likeness (QED) is 0.128. The molecule has 48 heavy (non-hydrogen) atoms. The van der Waals surface area contributed by atoms with Crippen LogP contribution >= 0.6 is 7.60 Å². The van der Waals surface area contributed by atoms with E-state index in [4.69, 9.17) is 14.2 Å². The van der Waals surface area contributed by atoms with Crippen LogP contribution in [0.15, 0.2) is 66.7 Å². The van der Waals surface area contributed by atoms with Crippen molar-refractivity contribution in [2.75, 3.05) is 13.1 Å². The molecule has 1 unspecified atom stereocenters. The highest BCUT2D eigenvalue weighted by atomic mass is 31.2. The smallest absolute Gasteiger partial charge is 0.362 e. The Morgan fingerprint density at radius 2 is 1.48 bits per heavy atom. The van der Waals surface area contributed by atoms with Crippen molar-refractivity contribution in [3.63, 3.8) is 0 Å². The second-order valence-electron chi connectivity index (χ2n) is 11.6. The van der Waals surface area contributed by atoms with Crippen LogP contribution in [0.2, 0.25) is 0 Å². The molecule has 0 aromatic heterocycles. The summed E-state index contributed by atoms with van der Waals surface area (Å²) in [7, 11) is -4.45. The van der Waals surface area contributed by atoms with E-state index >= 15 is 0 Å². The lowest BCUT2D eigenvalue weighted by Gasteiger charge is -2.34. The van der Waals surface area contributed by atoms with E-state index in [0.717, 1.165) is 32.1 Å². The zero-order valence-corrected chi connectivity index (χ0v) is 26.6. The number of fused-ring (bicyclic) bond motifs is 1. The Balaban J connectivity index is 1.54. The molecule has 2 aliphatic rings. The summed E-state index contributed by atoms with van der Waals surface area (Å²) in [6, 6.07) is 14.9. The van der Waals surface area contributed by atoms with E-state index in [1.807, 2.05) is 0 Å². The van der Waals surface area contributed by atoms with E-state index in [-0.39, 0.29) is 36.3 Å². The summed E-state index contributed by atoms with van der Waals surface area (Å²) < 4.78 is 27.5.